The third-order valence-corrected chi connectivity index (χ3v) is 6.28. The number of benzene rings is 2. The van der Waals surface area contributed by atoms with Gasteiger partial charge in [0, 0.05) is 54.9 Å². The van der Waals surface area contributed by atoms with Gasteiger partial charge in [0.25, 0.3) is 0 Å². The molecule has 8 heteroatoms. The van der Waals surface area contributed by atoms with Crippen molar-refractivity contribution in [2.75, 3.05) is 11.6 Å². The van der Waals surface area contributed by atoms with Crippen LogP contribution in [0.1, 0.15) is 0 Å². The maximum absolute atomic E-state index is 11.9. The predicted molar refractivity (Wildman–Crippen MR) is 122 cm³/mol. The third kappa shape index (κ3) is 3.62. The summed E-state index contributed by atoms with van der Waals surface area (Å²) in [7, 11) is -1.33. The van der Waals surface area contributed by atoms with E-state index in [0.717, 1.165) is 39.6 Å². The molecule has 1 N–H and O–H groups in total. The van der Waals surface area contributed by atoms with E-state index in [1.165, 1.54) is 11.6 Å². The summed E-state index contributed by atoms with van der Waals surface area (Å²) in [5, 5.41) is 4.43. The second kappa shape index (κ2) is 7.17. The van der Waals surface area contributed by atoms with Crippen LogP contribution >= 0.6 is 0 Å². The molecule has 0 unspecified atom stereocenters. The van der Waals surface area contributed by atoms with Gasteiger partial charge < -0.3 is 9.88 Å². The number of hydrogen-bond acceptors (Lipinski definition) is 6. The molecule has 3 heterocycles. The normalized spacial score (nSPS) is 11.8. The topological polar surface area (TPSA) is 89.8 Å². The molecule has 0 aliphatic carbocycles. The summed E-state index contributed by atoms with van der Waals surface area (Å²) >= 11 is 0. The Morgan fingerprint density at radius 2 is 1.77 bits per heavy atom. The van der Waals surface area contributed by atoms with E-state index in [-0.39, 0.29) is 4.90 Å². The van der Waals surface area contributed by atoms with Crippen LogP contribution in [0, 0.1) is 0 Å². The van der Waals surface area contributed by atoms with Crippen molar-refractivity contribution in [3.8, 4) is 11.1 Å². The summed E-state index contributed by atoms with van der Waals surface area (Å²) in [5.74, 6) is 0. The highest BCUT2D eigenvalue weighted by atomic mass is 32.2. The Morgan fingerprint density at radius 3 is 2.61 bits per heavy atom. The van der Waals surface area contributed by atoms with E-state index in [1.54, 1.807) is 24.7 Å². The van der Waals surface area contributed by atoms with Crippen molar-refractivity contribution in [3.63, 3.8) is 0 Å². The largest absolute Gasteiger partial charge is 0.354 e. The van der Waals surface area contributed by atoms with Crippen LogP contribution in [0.15, 0.2) is 78.3 Å². The number of hydrogen-bond donors (Lipinski definition) is 1. The number of aromatic nitrogens is 4. The molecule has 3 aromatic heterocycles. The molecule has 5 rings (SSSR count). The Bertz CT molecular complexity index is 1560. The molecular formula is C23H19N5O2S. The Kier molecular flexibility index (Phi) is 4.44. The van der Waals surface area contributed by atoms with Crippen molar-refractivity contribution in [2.24, 2.45) is 7.05 Å². The van der Waals surface area contributed by atoms with E-state index in [1.807, 2.05) is 25.4 Å². The standard InChI is InChI=1S/C23H19N5O2S/c1-28-8-5-15-3-4-16(9-22(15)28)20-11-17(12-21-23(20)26-7-6-25-21)27-18-10-19(14-24-13-18)31(2,29)30/h3-14,27H,1-2H3. The molecule has 0 bridgehead atoms. The van der Waals surface area contributed by atoms with Crippen LogP contribution in [0.25, 0.3) is 33.1 Å². The first-order valence-electron chi connectivity index (χ1n) is 9.61. The Balaban J connectivity index is 1.65. The minimum absolute atomic E-state index is 0.160. The van der Waals surface area contributed by atoms with Gasteiger partial charge in [-0.1, -0.05) is 12.1 Å². The highest BCUT2D eigenvalue weighted by Crippen LogP contribution is 2.33. The average molecular weight is 430 g/mol. The van der Waals surface area contributed by atoms with Crippen molar-refractivity contribution < 1.29 is 8.42 Å². The molecule has 5 aromatic rings. The number of nitrogens with zero attached hydrogens (tertiary/aromatic N) is 4. The van der Waals surface area contributed by atoms with Crippen LogP contribution in [-0.4, -0.2) is 34.2 Å². The van der Waals surface area contributed by atoms with Crippen LogP contribution in [-0.2, 0) is 16.9 Å². The third-order valence-electron chi connectivity index (χ3n) is 5.20. The molecule has 154 valence electrons. The molecule has 0 atom stereocenters. The smallest absolute Gasteiger partial charge is 0.177 e. The van der Waals surface area contributed by atoms with E-state index < -0.39 is 9.84 Å². The SMILES string of the molecule is Cn1ccc2ccc(-c3cc(Nc4cncc(S(C)(=O)=O)c4)cc4nccnc34)cc21. The van der Waals surface area contributed by atoms with Gasteiger partial charge in [0.1, 0.15) is 0 Å². The summed E-state index contributed by atoms with van der Waals surface area (Å²) in [6.45, 7) is 0. The minimum Gasteiger partial charge on any atom is -0.354 e. The maximum Gasteiger partial charge on any atom is 0.177 e. The van der Waals surface area contributed by atoms with E-state index in [2.05, 4.69) is 49.1 Å². The number of anilines is 2. The Morgan fingerprint density at radius 1 is 0.935 bits per heavy atom. The monoisotopic (exact) mass is 429 g/mol. The van der Waals surface area contributed by atoms with Gasteiger partial charge in [-0.25, -0.2) is 8.42 Å². The fraction of sp³-hybridized carbons (Fsp3) is 0.0870. The number of sulfone groups is 1. The highest BCUT2D eigenvalue weighted by molar-refractivity contribution is 7.90. The van der Waals surface area contributed by atoms with E-state index in [9.17, 15) is 8.42 Å². The molecule has 2 aromatic carbocycles. The number of nitrogens with one attached hydrogen (secondary N) is 1. The summed E-state index contributed by atoms with van der Waals surface area (Å²) < 4.78 is 25.8. The Hall–Kier alpha value is -3.78. The summed E-state index contributed by atoms with van der Waals surface area (Å²) in [6.07, 6.45) is 9.46. The first-order valence-corrected chi connectivity index (χ1v) is 11.5. The van der Waals surface area contributed by atoms with Crippen molar-refractivity contribution >= 4 is 43.1 Å². The fourth-order valence-electron chi connectivity index (χ4n) is 3.65. The van der Waals surface area contributed by atoms with Crippen molar-refractivity contribution in [2.45, 2.75) is 4.90 Å². The molecule has 7 nitrogen and oxygen atoms in total. The van der Waals surface area contributed by atoms with Gasteiger partial charge in [0.15, 0.2) is 9.84 Å². The van der Waals surface area contributed by atoms with Gasteiger partial charge in [-0.3, -0.25) is 15.0 Å². The Labute approximate surface area is 179 Å². The molecule has 0 spiro atoms. The van der Waals surface area contributed by atoms with Gasteiger partial charge in [-0.05, 0) is 41.3 Å². The summed E-state index contributed by atoms with van der Waals surface area (Å²) in [5.41, 5.74) is 5.96. The van der Waals surface area contributed by atoms with Crippen molar-refractivity contribution in [1.82, 2.24) is 19.5 Å². The van der Waals surface area contributed by atoms with Gasteiger partial charge in [0.05, 0.1) is 27.8 Å². The average Bonchev–Trinajstić information content (AvgIpc) is 3.13. The van der Waals surface area contributed by atoms with Crippen LogP contribution in [0.2, 0.25) is 0 Å². The second-order valence-corrected chi connectivity index (χ2v) is 9.47. The van der Waals surface area contributed by atoms with Crippen molar-refractivity contribution in [3.05, 3.63) is 73.4 Å². The van der Waals surface area contributed by atoms with E-state index >= 15 is 0 Å². The molecule has 31 heavy (non-hydrogen) atoms. The maximum atomic E-state index is 11.9. The van der Waals surface area contributed by atoms with E-state index in [4.69, 9.17) is 0 Å². The summed E-state index contributed by atoms with van der Waals surface area (Å²) in [4.78, 5) is 13.2. The fourth-order valence-corrected chi connectivity index (χ4v) is 4.25. The molecule has 0 amide bonds. The number of rotatable bonds is 4. The number of fused-ring (bicyclic) bond motifs is 2. The predicted octanol–water partition coefficient (Wildman–Crippen LogP) is 4.33. The zero-order valence-corrected chi connectivity index (χ0v) is 17.8. The lowest BCUT2D eigenvalue weighted by Crippen LogP contribution is -2.00. The first-order chi connectivity index (χ1) is 14.9. The lowest BCUT2D eigenvalue weighted by Gasteiger charge is -2.12. The number of pyridine rings is 1. The first kappa shape index (κ1) is 19.2. The molecular weight excluding hydrogens is 410 g/mol. The number of aryl methyl sites for hydroxylation is 1. The van der Waals surface area contributed by atoms with Gasteiger partial charge in [0.2, 0.25) is 0 Å². The molecule has 0 radical (unpaired) electrons. The highest BCUT2D eigenvalue weighted by Gasteiger charge is 2.12. The van der Waals surface area contributed by atoms with Gasteiger partial charge >= 0.3 is 0 Å². The van der Waals surface area contributed by atoms with Gasteiger partial charge in [-0.15, -0.1) is 0 Å². The second-order valence-electron chi connectivity index (χ2n) is 7.45. The molecule has 0 fully saturated rings. The lowest BCUT2D eigenvalue weighted by molar-refractivity contribution is 0.601. The zero-order chi connectivity index (χ0) is 21.6. The van der Waals surface area contributed by atoms with E-state index in [0.29, 0.717) is 5.69 Å². The van der Waals surface area contributed by atoms with Crippen LogP contribution in [0.3, 0.4) is 0 Å². The van der Waals surface area contributed by atoms with Gasteiger partial charge in [-0.2, -0.15) is 0 Å². The molecule has 0 saturated carbocycles. The lowest BCUT2D eigenvalue weighted by atomic mass is 10.0. The van der Waals surface area contributed by atoms with Crippen LogP contribution in [0.4, 0.5) is 11.4 Å². The zero-order valence-electron chi connectivity index (χ0n) is 16.9. The molecule has 0 aliphatic heterocycles. The van der Waals surface area contributed by atoms with Crippen LogP contribution < -0.4 is 5.32 Å². The molecule has 0 saturated heterocycles. The minimum atomic E-state index is -3.35. The summed E-state index contributed by atoms with van der Waals surface area (Å²) in [6, 6.07) is 13.8. The van der Waals surface area contributed by atoms with Crippen LogP contribution in [0.5, 0.6) is 0 Å². The molecule has 0 aliphatic rings. The quantitative estimate of drug-likeness (QED) is 0.457. The van der Waals surface area contributed by atoms with Crippen molar-refractivity contribution in [1.29, 1.82) is 0 Å².